The van der Waals surface area contributed by atoms with E-state index < -0.39 is 0 Å². The summed E-state index contributed by atoms with van der Waals surface area (Å²) < 4.78 is 0. The van der Waals surface area contributed by atoms with Crippen molar-refractivity contribution in [3.63, 3.8) is 0 Å². The van der Waals surface area contributed by atoms with Gasteiger partial charge in [0.05, 0.1) is 6.10 Å². The van der Waals surface area contributed by atoms with E-state index in [9.17, 15) is 5.11 Å². The number of aliphatic hydroxyl groups is 1. The van der Waals surface area contributed by atoms with E-state index in [1.807, 2.05) is 0 Å². The van der Waals surface area contributed by atoms with Gasteiger partial charge in [0.25, 0.3) is 0 Å². The molecule has 1 spiro atoms. The fraction of sp³-hybridized carbons (Fsp3) is 1.00. The molecule has 26 heavy (non-hydrogen) atoms. The minimum atomic E-state index is -0.0697. The van der Waals surface area contributed by atoms with Crippen LogP contribution in [0, 0.1) is 5.41 Å². The van der Waals surface area contributed by atoms with Gasteiger partial charge in [0.15, 0.2) is 0 Å². The van der Waals surface area contributed by atoms with E-state index >= 15 is 0 Å². The Hall–Kier alpha value is 0.420. The molecule has 4 rings (SSSR count). The Labute approximate surface area is 172 Å². The second-order valence-corrected chi connectivity index (χ2v) is 8.97. The highest BCUT2D eigenvalue weighted by molar-refractivity contribution is 5.85. The van der Waals surface area contributed by atoms with Crippen molar-refractivity contribution < 1.29 is 5.11 Å². The topological polar surface area (TPSA) is 38.7 Å². The van der Waals surface area contributed by atoms with Crippen LogP contribution in [0.15, 0.2) is 0 Å². The largest absolute Gasteiger partial charge is 0.391 e. The molecule has 2 saturated heterocycles. The smallest absolute Gasteiger partial charge is 0.0695 e. The van der Waals surface area contributed by atoms with E-state index in [1.165, 1.54) is 97.1 Å². The number of nitrogens with one attached hydrogen (secondary N) is 1. The molecule has 0 radical (unpaired) electrons. The number of hydrogen-bond donors (Lipinski definition) is 2. The van der Waals surface area contributed by atoms with Crippen molar-refractivity contribution in [2.45, 2.75) is 82.4 Å². The average molecular weight is 408 g/mol. The maximum Gasteiger partial charge on any atom is 0.0695 e. The van der Waals surface area contributed by atoms with Crippen LogP contribution in [-0.4, -0.2) is 72.4 Å². The van der Waals surface area contributed by atoms with Crippen LogP contribution in [0.2, 0.25) is 0 Å². The number of rotatable bonds is 2. The predicted octanol–water partition coefficient (Wildman–Crippen LogP) is 3.06. The molecule has 4 fully saturated rings. The lowest BCUT2D eigenvalue weighted by atomic mass is 9.67. The van der Waals surface area contributed by atoms with Crippen LogP contribution in [0.4, 0.5) is 0 Å². The highest BCUT2D eigenvalue weighted by Gasteiger charge is 2.39. The first kappa shape index (κ1) is 22.7. The summed E-state index contributed by atoms with van der Waals surface area (Å²) in [6.07, 6.45) is 13.3. The summed E-state index contributed by atoms with van der Waals surface area (Å²) in [5.41, 5.74) is 0.690. The van der Waals surface area contributed by atoms with Crippen molar-refractivity contribution in [1.82, 2.24) is 15.1 Å². The molecule has 4 aliphatic rings. The van der Waals surface area contributed by atoms with Crippen molar-refractivity contribution in [2.24, 2.45) is 5.41 Å². The zero-order chi connectivity index (χ0) is 16.4. The van der Waals surface area contributed by atoms with Crippen LogP contribution in [-0.2, 0) is 0 Å². The fourth-order valence-corrected chi connectivity index (χ4v) is 5.99. The molecular weight excluding hydrogens is 369 g/mol. The van der Waals surface area contributed by atoms with Gasteiger partial charge in [0.1, 0.15) is 0 Å². The summed E-state index contributed by atoms with van der Waals surface area (Å²) in [7, 11) is 0. The molecule has 0 amide bonds. The normalized spacial score (nSPS) is 34.0. The molecule has 2 atom stereocenters. The Morgan fingerprint density at radius 2 is 1.31 bits per heavy atom. The first-order chi connectivity index (χ1) is 11.8. The highest BCUT2D eigenvalue weighted by Crippen LogP contribution is 2.44. The van der Waals surface area contributed by atoms with Crippen molar-refractivity contribution >= 4 is 24.8 Å². The first-order valence-corrected chi connectivity index (χ1v) is 10.6. The van der Waals surface area contributed by atoms with Gasteiger partial charge in [-0.1, -0.05) is 12.8 Å². The molecule has 2 aliphatic carbocycles. The maximum atomic E-state index is 10.3. The summed E-state index contributed by atoms with van der Waals surface area (Å²) in [5, 5.41) is 13.9. The Kier molecular flexibility index (Phi) is 8.97. The zero-order valence-electron chi connectivity index (χ0n) is 16.2. The highest BCUT2D eigenvalue weighted by atomic mass is 35.5. The van der Waals surface area contributed by atoms with Crippen molar-refractivity contribution in [2.75, 3.05) is 39.3 Å². The van der Waals surface area contributed by atoms with Crippen molar-refractivity contribution in [1.29, 1.82) is 0 Å². The van der Waals surface area contributed by atoms with Crippen LogP contribution in [0.5, 0.6) is 0 Å². The van der Waals surface area contributed by atoms with E-state index in [1.54, 1.807) is 0 Å². The molecular formula is C20H39Cl2N3O. The minimum Gasteiger partial charge on any atom is -0.391 e. The van der Waals surface area contributed by atoms with Gasteiger partial charge in [-0.25, -0.2) is 0 Å². The second-order valence-electron chi connectivity index (χ2n) is 8.97. The standard InChI is InChI=1S/C20H37N3O.2ClH/c24-19-4-2-1-3-18(19)23-15-13-22(14-16-23)17-5-7-20(8-6-17)9-11-21-12-10-20;;/h17-19,21,24H,1-16H2;2*1H/t18-,19-;;/m0../s1. The van der Waals surface area contributed by atoms with E-state index in [4.69, 9.17) is 0 Å². The monoisotopic (exact) mass is 407 g/mol. The molecule has 2 heterocycles. The molecule has 6 heteroatoms. The van der Waals surface area contributed by atoms with Gasteiger partial charge < -0.3 is 10.4 Å². The number of aliphatic hydroxyl groups excluding tert-OH is 1. The number of piperazine rings is 1. The Balaban J connectivity index is 0.00000121. The quantitative estimate of drug-likeness (QED) is 0.737. The summed E-state index contributed by atoms with van der Waals surface area (Å²) in [6.45, 7) is 7.28. The average Bonchev–Trinajstić information content (AvgIpc) is 2.64. The van der Waals surface area contributed by atoms with Gasteiger partial charge in [-0.3, -0.25) is 9.80 Å². The second kappa shape index (κ2) is 10.3. The van der Waals surface area contributed by atoms with Crippen LogP contribution >= 0.6 is 24.8 Å². The summed E-state index contributed by atoms with van der Waals surface area (Å²) in [4.78, 5) is 5.37. The molecule has 2 saturated carbocycles. The lowest BCUT2D eigenvalue weighted by Crippen LogP contribution is -2.57. The predicted molar refractivity (Wildman–Crippen MR) is 113 cm³/mol. The summed E-state index contributed by atoms with van der Waals surface area (Å²) >= 11 is 0. The van der Waals surface area contributed by atoms with Gasteiger partial charge in [-0.15, -0.1) is 24.8 Å². The van der Waals surface area contributed by atoms with E-state index in [0.717, 1.165) is 12.5 Å². The van der Waals surface area contributed by atoms with Crippen molar-refractivity contribution in [3.8, 4) is 0 Å². The Morgan fingerprint density at radius 3 is 1.92 bits per heavy atom. The van der Waals surface area contributed by atoms with Gasteiger partial charge in [0.2, 0.25) is 0 Å². The van der Waals surface area contributed by atoms with Gasteiger partial charge in [0, 0.05) is 38.3 Å². The summed E-state index contributed by atoms with van der Waals surface area (Å²) in [6, 6.07) is 1.29. The number of piperidine rings is 1. The van der Waals surface area contributed by atoms with E-state index in [2.05, 4.69) is 15.1 Å². The third-order valence-corrected chi connectivity index (χ3v) is 7.71. The van der Waals surface area contributed by atoms with Crippen LogP contribution in [0.25, 0.3) is 0 Å². The van der Waals surface area contributed by atoms with Gasteiger partial charge >= 0.3 is 0 Å². The zero-order valence-corrected chi connectivity index (χ0v) is 17.8. The molecule has 2 aliphatic heterocycles. The van der Waals surface area contributed by atoms with Crippen LogP contribution in [0.1, 0.15) is 64.2 Å². The number of halogens is 2. The molecule has 0 aromatic heterocycles. The van der Waals surface area contributed by atoms with Gasteiger partial charge in [-0.05, 0) is 69.9 Å². The van der Waals surface area contributed by atoms with E-state index in [0.29, 0.717) is 11.5 Å². The summed E-state index contributed by atoms with van der Waals surface area (Å²) in [5.74, 6) is 0. The maximum absolute atomic E-state index is 10.3. The molecule has 154 valence electrons. The third-order valence-electron chi connectivity index (χ3n) is 7.71. The number of hydrogen-bond acceptors (Lipinski definition) is 4. The first-order valence-electron chi connectivity index (χ1n) is 10.6. The SMILES string of the molecule is Cl.Cl.O[C@H]1CCCC[C@@H]1N1CCN(C2CCC3(CCNCC3)CC2)CC1. The molecule has 0 aromatic rings. The fourth-order valence-electron chi connectivity index (χ4n) is 5.99. The van der Waals surface area contributed by atoms with Crippen LogP contribution < -0.4 is 5.32 Å². The lowest BCUT2D eigenvalue weighted by molar-refractivity contribution is -0.0203. The Bertz CT molecular complexity index is 402. The third kappa shape index (κ3) is 5.07. The lowest BCUT2D eigenvalue weighted by Gasteiger charge is -2.49. The Morgan fingerprint density at radius 1 is 0.731 bits per heavy atom. The molecule has 0 aromatic carbocycles. The van der Waals surface area contributed by atoms with Crippen LogP contribution in [0.3, 0.4) is 0 Å². The molecule has 4 nitrogen and oxygen atoms in total. The molecule has 2 N–H and O–H groups in total. The molecule has 0 bridgehead atoms. The number of nitrogens with zero attached hydrogens (tertiary/aromatic N) is 2. The van der Waals surface area contributed by atoms with Crippen molar-refractivity contribution in [3.05, 3.63) is 0 Å². The van der Waals surface area contributed by atoms with E-state index in [-0.39, 0.29) is 30.9 Å². The molecule has 0 unspecified atom stereocenters. The van der Waals surface area contributed by atoms with Gasteiger partial charge in [-0.2, -0.15) is 0 Å². The minimum absolute atomic E-state index is 0.